The fourth-order valence-electron chi connectivity index (χ4n) is 2.83. The summed E-state index contributed by atoms with van der Waals surface area (Å²) in [7, 11) is -4.00. The molecule has 1 amide bonds. The Morgan fingerprint density at radius 3 is 2.48 bits per heavy atom. The molecule has 1 atom stereocenters. The maximum Gasteiger partial charge on any atom is 0.245 e. The second-order valence-corrected chi connectivity index (χ2v) is 7.76. The summed E-state index contributed by atoms with van der Waals surface area (Å²) in [6.07, 6.45) is 0. The predicted octanol–water partition coefficient (Wildman–Crippen LogP) is 1.44. The highest BCUT2D eigenvalue weighted by molar-refractivity contribution is 7.89. The van der Waals surface area contributed by atoms with E-state index in [1.165, 1.54) is 24.3 Å². The smallest absolute Gasteiger partial charge is 0.245 e. The van der Waals surface area contributed by atoms with Gasteiger partial charge in [-0.15, -0.1) is 0 Å². The lowest BCUT2D eigenvalue weighted by molar-refractivity contribution is -0.137. The van der Waals surface area contributed by atoms with E-state index in [1.807, 2.05) is 6.07 Å². The van der Waals surface area contributed by atoms with E-state index in [0.717, 1.165) is 0 Å². The highest BCUT2D eigenvalue weighted by Crippen LogP contribution is 2.21. The minimum atomic E-state index is -4.00. The number of morpholine rings is 1. The van der Waals surface area contributed by atoms with Crippen LogP contribution in [0.4, 0.5) is 0 Å². The molecule has 2 aromatic rings. The Kier molecular flexibility index (Phi) is 5.86. The minimum absolute atomic E-state index is 0.0581. The molecule has 1 fully saturated rings. The minimum Gasteiger partial charge on any atom is -0.378 e. The number of amides is 1. The van der Waals surface area contributed by atoms with Gasteiger partial charge in [0.2, 0.25) is 15.9 Å². The standard InChI is InChI=1S/C19H19N3O4S/c20-14-15-5-4-8-17(13-15)27(24,25)21-18(16-6-2-1-3-7-16)19(23)22-9-11-26-12-10-22/h1-8,13,18,21H,9-12H2. The third-order valence-corrected chi connectivity index (χ3v) is 5.67. The van der Waals surface area contributed by atoms with Crippen molar-refractivity contribution in [2.75, 3.05) is 26.3 Å². The van der Waals surface area contributed by atoms with Crippen LogP contribution in [0.5, 0.6) is 0 Å². The number of carbonyl (C=O) groups excluding carboxylic acids is 1. The van der Waals surface area contributed by atoms with Crippen molar-refractivity contribution in [3.05, 3.63) is 65.7 Å². The van der Waals surface area contributed by atoms with Crippen molar-refractivity contribution in [3.8, 4) is 6.07 Å². The summed E-state index contributed by atoms with van der Waals surface area (Å²) in [5.74, 6) is -0.329. The van der Waals surface area contributed by atoms with Crippen LogP contribution in [0.2, 0.25) is 0 Å². The summed E-state index contributed by atoms with van der Waals surface area (Å²) in [5.41, 5.74) is 0.780. The topological polar surface area (TPSA) is 99.5 Å². The summed E-state index contributed by atoms with van der Waals surface area (Å²) in [5, 5.41) is 9.01. The molecule has 1 heterocycles. The molecule has 1 unspecified atom stereocenters. The van der Waals surface area contributed by atoms with Crippen LogP contribution in [-0.4, -0.2) is 45.5 Å². The lowest BCUT2D eigenvalue weighted by Gasteiger charge is -2.30. The maximum absolute atomic E-state index is 13.0. The van der Waals surface area contributed by atoms with E-state index in [2.05, 4.69) is 4.72 Å². The molecular formula is C19H19N3O4S. The normalized spacial score (nSPS) is 15.7. The highest BCUT2D eigenvalue weighted by Gasteiger charge is 2.31. The summed E-state index contributed by atoms with van der Waals surface area (Å²) in [6.45, 7) is 1.66. The number of carbonyl (C=O) groups is 1. The van der Waals surface area contributed by atoms with Gasteiger partial charge in [0, 0.05) is 13.1 Å². The molecule has 0 spiro atoms. The first kappa shape index (κ1) is 19.0. The number of nitrogens with zero attached hydrogens (tertiary/aromatic N) is 2. The average Bonchev–Trinajstić information content (AvgIpc) is 2.73. The van der Waals surface area contributed by atoms with E-state index in [4.69, 9.17) is 10.00 Å². The van der Waals surface area contributed by atoms with Gasteiger partial charge in [-0.1, -0.05) is 36.4 Å². The predicted molar refractivity (Wildman–Crippen MR) is 98.1 cm³/mol. The molecule has 0 bridgehead atoms. The van der Waals surface area contributed by atoms with Crippen molar-refractivity contribution >= 4 is 15.9 Å². The molecule has 0 radical (unpaired) electrons. The van der Waals surface area contributed by atoms with Crippen molar-refractivity contribution in [3.63, 3.8) is 0 Å². The van der Waals surface area contributed by atoms with Gasteiger partial charge in [-0.25, -0.2) is 8.42 Å². The van der Waals surface area contributed by atoms with E-state index in [-0.39, 0.29) is 16.4 Å². The molecular weight excluding hydrogens is 366 g/mol. The Balaban J connectivity index is 1.93. The van der Waals surface area contributed by atoms with Gasteiger partial charge in [0.05, 0.1) is 29.7 Å². The van der Waals surface area contributed by atoms with Gasteiger partial charge in [-0.2, -0.15) is 9.98 Å². The van der Waals surface area contributed by atoms with Crippen molar-refractivity contribution < 1.29 is 17.9 Å². The molecule has 1 aliphatic rings. The van der Waals surface area contributed by atoms with Gasteiger partial charge in [-0.3, -0.25) is 4.79 Å². The molecule has 1 saturated heterocycles. The number of hydrogen-bond donors (Lipinski definition) is 1. The van der Waals surface area contributed by atoms with E-state index >= 15 is 0 Å². The first-order valence-corrected chi connectivity index (χ1v) is 9.93. The Hall–Kier alpha value is -2.73. The lowest BCUT2D eigenvalue weighted by atomic mass is 10.1. The molecule has 27 heavy (non-hydrogen) atoms. The van der Waals surface area contributed by atoms with Gasteiger partial charge < -0.3 is 9.64 Å². The fraction of sp³-hybridized carbons (Fsp3) is 0.263. The number of sulfonamides is 1. The molecule has 2 aromatic carbocycles. The second-order valence-electron chi connectivity index (χ2n) is 6.04. The molecule has 0 saturated carbocycles. The Morgan fingerprint density at radius 1 is 1.11 bits per heavy atom. The summed E-state index contributed by atoms with van der Waals surface area (Å²) < 4.78 is 33.5. The Bertz CT molecular complexity index is 948. The van der Waals surface area contributed by atoms with Crippen LogP contribution in [0.15, 0.2) is 59.5 Å². The summed E-state index contributed by atoms with van der Waals surface area (Å²) in [4.78, 5) is 14.6. The molecule has 0 aromatic heterocycles. The molecule has 7 nitrogen and oxygen atoms in total. The molecule has 1 N–H and O–H groups in total. The fourth-order valence-corrected chi connectivity index (χ4v) is 4.05. The number of nitrogens with one attached hydrogen (secondary N) is 1. The van der Waals surface area contributed by atoms with Crippen LogP contribution < -0.4 is 4.72 Å². The Morgan fingerprint density at radius 2 is 1.81 bits per heavy atom. The van der Waals surface area contributed by atoms with Crippen LogP contribution in [0.25, 0.3) is 0 Å². The Labute approximate surface area is 158 Å². The van der Waals surface area contributed by atoms with Crippen molar-refractivity contribution in [2.24, 2.45) is 0 Å². The number of benzene rings is 2. The summed E-state index contributed by atoms with van der Waals surface area (Å²) >= 11 is 0. The number of rotatable bonds is 5. The van der Waals surface area contributed by atoms with Crippen LogP contribution >= 0.6 is 0 Å². The highest BCUT2D eigenvalue weighted by atomic mass is 32.2. The van der Waals surface area contributed by atoms with Gasteiger partial charge in [0.25, 0.3) is 0 Å². The van der Waals surface area contributed by atoms with Crippen LogP contribution in [0.1, 0.15) is 17.2 Å². The molecule has 140 valence electrons. The monoisotopic (exact) mass is 385 g/mol. The molecule has 3 rings (SSSR count). The largest absolute Gasteiger partial charge is 0.378 e. The zero-order valence-electron chi connectivity index (χ0n) is 14.5. The first-order valence-electron chi connectivity index (χ1n) is 8.45. The van der Waals surface area contributed by atoms with E-state index in [9.17, 15) is 13.2 Å². The maximum atomic E-state index is 13.0. The van der Waals surface area contributed by atoms with Crippen molar-refractivity contribution in [1.82, 2.24) is 9.62 Å². The summed E-state index contributed by atoms with van der Waals surface area (Å²) in [6, 6.07) is 15.3. The van der Waals surface area contributed by atoms with E-state index in [1.54, 1.807) is 35.2 Å². The number of hydrogen-bond acceptors (Lipinski definition) is 5. The van der Waals surface area contributed by atoms with Crippen LogP contribution in [-0.2, 0) is 19.6 Å². The lowest BCUT2D eigenvalue weighted by Crippen LogP contribution is -2.47. The molecule has 1 aliphatic heterocycles. The van der Waals surface area contributed by atoms with E-state index in [0.29, 0.717) is 31.9 Å². The van der Waals surface area contributed by atoms with Gasteiger partial charge in [-0.05, 0) is 23.8 Å². The van der Waals surface area contributed by atoms with Crippen molar-refractivity contribution in [1.29, 1.82) is 5.26 Å². The zero-order valence-corrected chi connectivity index (χ0v) is 15.4. The first-order chi connectivity index (χ1) is 13.0. The number of nitriles is 1. The quantitative estimate of drug-likeness (QED) is 0.839. The third-order valence-electron chi connectivity index (χ3n) is 4.25. The molecule has 8 heteroatoms. The van der Waals surface area contributed by atoms with E-state index < -0.39 is 16.1 Å². The van der Waals surface area contributed by atoms with Crippen LogP contribution in [0.3, 0.4) is 0 Å². The van der Waals surface area contributed by atoms with Gasteiger partial charge in [0.1, 0.15) is 6.04 Å². The zero-order chi connectivity index (χ0) is 19.3. The van der Waals surface area contributed by atoms with Gasteiger partial charge in [0.15, 0.2) is 0 Å². The third kappa shape index (κ3) is 4.52. The van der Waals surface area contributed by atoms with Gasteiger partial charge >= 0.3 is 0 Å². The number of ether oxygens (including phenoxy) is 1. The molecule has 0 aliphatic carbocycles. The SMILES string of the molecule is N#Cc1cccc(S(=O)(=O)NC(C(=O)N2CCOCC2)c2ccccc2)c1. The van der Waals surface area contributed by atoms with Crippen molar-refractivity contribution in [2.45, 2.75) is 10.9 Å². The average molecular weight is 385 g/mol. The second kappa shape index (κ2) is 8.31. The van der Waals surface area contributed by atoms with Crippen LogP contribution in [0, 0.1) is 11.3 Å².